The molecule has 1 aliphatic carbocycles. The first-order valence-corrected chi connectivity index (χ1v) is 11.1. The van der Waals surface area contributed by atoms with Crippen LogP contribution >= 0.6 is 0 Å². The van der Waals surface area contributed by atoms with Gasteiger partial charge in [-0.05, 0) is 90.6 Å². The molecule has 1 amide bonds. The maximum Gasteiger partial charge on any atom is 0.224 e. The van der Waals surface area contributed by atoms with Crippen LogP contribution in [0.2, 0.25) is 0 Å². The molecule has 3 aromatic carbocycles. The fourth-order valence-electron chi connectivity index (χ4n) is 3.84. The van der Waals surface area contributed by atoms with Crippen LogP contribution in [0.5, 0.6) is 5.75 Å². The number of hydrogen-bond donors (Lipinski definition) is 1. The highest BCUT2D eigenvalue weighted by molar-refractivity contribution is 6.05. The van der Waals surface area contributed by atoms with Crippen LogP contribution in [0.3, 0.4) is 0 Å². The molecule has 33 heavy (non-hydrogen) atoms. The van der Waals surface area contributed by atoms with Crippen LogP contribution in [0.15, 0.2) is 78.9 Å². The predicted octanol–water partition coefficient (Wildman–Crippen LogP) is 6.65. The lowest BCUT2D eigenvalue weighted by molar-refractivity contribution is -0.120. The van der Waals surface area contributed by atoms with E-state index in [-0.39, 0.29) is 23.7 Å². The van der Waals surface area contributed by atoms with Gasteiger partial charge in [-0.3, -0.25) is 4.79 Å². The number of carbonyl (C=O) groups is 1. The molecule has 1 aliphatic rings. The van der Waals surface area contributed by atoms with Gasteiger partial charge in [-0.2, -0.15) is 0 Å². The van der Waals surface area contributed by atoms with E-state index >= 15 is 0 Å². The average molecular weight is 442 g/mol. The highest BCUT2D eigenvalue weighted by Crippen LogP contribution is 2.38. The Labute approximate surface area is 194 Å². The number of fused-ring (bicyclic) bond motifs is 1. The normalized spacial score (nSPS) is 14.1. The van der Waals surface area contributed by atoms with Gasteiger partial charge in [-0.1, -0.05) is 48.5 Å². The highest BCUT2D eigenvalue weighted by Gasteiger charge is 2.21. The molecule has 0 unspecified atom stereocenters. The van der Waals surface area contributed by atoms with Gasteiger partial charge in [0.15, 0.2) is 0 Å². The number of ether oxygens (including phenoxy) is 1. The van der Waals surface area contributed by atoms with E-state index in [1.54, 1.807) is 6.07 Å². The van der Waals surface area contributed by atoms with E-state index in [4.69, 9.17) is 4.74 Å². The smallest absolute Gasteiger partial charge is 0.224 e. The predicted molar refractivity (Wildman–Crippen MR) is 132 cm³/mol. The van der Waals surface area contributed by atoms with Crippen molar-refractivity contribution >= 4 is 23.1 Å². The van der Waals surface area contributed by atoms with Crippen molar-refractivity contribution in [2.24, 2.45) is 0 Å². The van der Waals surface area contributed by atoms with E-state index in [1.807, 2.05) is 87.5 Å². The topological polar surface area (TPSA) is 38.3 Å². The van der Waals surface area contributed by atoms with Gasteiger partial charge in [-0.25, -0.2) is 4.39 Å². The van der Waals surface area contributed by atoms with Gasteiger partial charge in [0.05, 0.1) is 6.42 Å². The van der Waals surface area contributed by atoms with Crippen LogP contribution in [-0.4, -0.2) is 11.5 Å². The number of carbonyl (C=O) groups excluding carboxylic acids is 1. The van der Waals surface area contributed by atoms with Crippen LogP contribution in [0, 0.1) is 5.82 Å². The Kier molecular flexibility index (Phi) is 6.45. The molecule has 0 bridgehead atoms. The lowest BCUT2D eigenvalue weighted by Gasteiger charge is -2.21. The zero-order valence-electron chi connectivity index (χ0n) is 19.2. The van der Waals surface area contributed by atoms with Gasteiger partial charge < -0.3 is 10.1 Å². The number of allylic oxidation sites excluding steroid dienone is 2. The first kappa shape index (κ1) is 22.5. The van der Waals surface area contributed by atoms with Gasteiger partial charge >= 0.3 is 0 Å². The quantitative estimate of drug-likeness (QED) is 0.465. The second-order valence-electron chi connectivity index (χ2n) is 9.18. The maximum atomic E-state index is 14.0. The van der Waals surface area contributed by atoms with E-state index in [0.29, 0.717) is 6.54 Å². The van der Waals surface area contributed by atoms with Crippen LogP contribution in [0.4, 0.5) is 4.39 Å². The minimum absolute atomic E-state index is 0.0924. The van der Waals surface area contributed by atoms with Gasteiger partial charge in [0.2, 0.25) is 5.91 Å². The fraction of sp³-hybridized carbons (Fsp3) is 0.207. The molecule has 0 saturated carbocycles. The number of halogens is 1. The number of benzene rings is 3. The minimum Gasteiger partial charge on any atom is -0.488 e. The SMILES string of the molecule is CC(C)(C)Oc1ccc(/C=C2\C=C(CC(=O)NCc3ccccc3)c3cc(F)ccc32)cc1. The first-order chi connectivity index (χ1) is 15.8. The highest BCUT2D eigenvalue weighted by atomic mass is 19.1. The summed E-state index contributed by atoms with van der Waals surface area (Å²) >= 11 is 0. The molecule has 0 aliphatic heterocycles. The second kappa shape index (κ2) is 9.45. The van der Waals surface area contributed by atoms with Crippen molar-refractivity contribution in [3.05, 3.63) is 107 Å². The largest absolute Gasteiger partial charge is 0.488 e. The molecule has 3 aromatic rings. The second-order valence-corrected chi connectivity index (χ2v) is 9.18. The third-order valence-electron chi connectivity index (χ3n) is 5.28. The van der Waals surface area contributed by atoms with Crippen molar-refractivity contribution in [1.29, 1.82) is 0 Å². The van der Waals surface area contributed by atoms with Crippen molar-refractivity contribution < 1.29 is 13.9 Å². The number of nitrogens with one attached hydrogen (secondary N) is 1. The fourth-order valence-corrected chi connectivity index (χ4v) is 3.84. The molecule has 0 fully saturated rings. The Balaban J connectivity index is 1.53. The standard InChI is InChI=1S/C29H28FNO2/c1-29(2,3)33-25-12-9-20(10-13-25)15-22-16-23(27-18-24(30)11-14-26(22)27)17-28(32)31-19-21-7-5-4-6-8-21/h4-16,18H,17,19H2,1-3H3,(H,31,32)/b22-15+. The van der Waals surface area contributed by atoms with Crippen LogP contribution in [-0.2, 0) is 11.3 Å². The Morgan fingerprint density at radius 3 is 2.39 bits per heavy atom. The molecule has 4 rings (SSSR count). The van der Waals surface area contributed by atoms with Crippen molar-refractivity contribution in [2.45, 2.75) is 39.3 Å². The molecule has 0 radical (unpaired) electrons. The van der Waals surface area contributed by atoms with Crippen molar-refractivity contribution in [2.75, 3.05) is 0 Å². The number of amides is 1. The summed E-state index contributed by atoms with van der Waals surface area (Å²) in [7, 11) is 0. The molecular weight excluding hydrogens is 413 g/mol. The number of hydrogen-bond acceptors (Lipinski definition) is 2. The van der Waals surface area contributed by atoms with Gasteiger partial charge in [0, 0.05) is 6.54 Å². The molecule has 0 spiro atoms. The molecule has 0 aromatic heterocycles. The Hall–Kier alpha value is -3.66. The van der Waals surface area contributed by atoms with E-state index in [1.165, 1.54) is 12.1 Å². The van der Waals surface area contributed by atoms with E-state index in [2.05, 4.69) is 5.32 Å². The van der Waals surface area contributed by atoms with E-state index in [0.717, 1.165) is 39.1 Å². The molecule has 168 valence electrons. The van der Waals surface area contributed by atoms with Crippen LogP contribution in [0.25, 0.3) is 17.2 Å². The summed E-state index contributed by atoms with van der Waals surface area (Å²) in [5.74, 6) is 0.407. The monoisotopic (exact) mass is 441 g/mol. The summed E-state index contributed by atoms with van der Waals surface area (Å²) < 4.78 is 19.9. The number of rotatable bonds is 6. The van der Waals surface area contributed by atoms with Gasteiger partial charge in [0.25, 0.3) is 0 Å². The summed E-state index contributed by atoms with van der Waals surface area (Å²) in [6.45, 7) is 6.51. The van der Waals surface area contributed by atoms with Crippen molar-refractivity contribution in [1.82, 2.24) is 5.32 Å². The van der Waals surface area contributed by atoms with Crippen LogP contribution < -0.4 is 10.1 Å². The lowest BCUT2D eigenvalue weighted by Crippen LogP contribution is -2.22. The van der Waals surface area contributed by atoms with Gasteiger partial charge in [-0.15, -0.1) is 0 Å². The average Bonchev–Trinajstić information content (AvgIpc) is 3.09. The molecule has 3 nitrogen and oxygen atoms in total. The Bertz CT molecular complexity index is 1200. The zero-order chi connectivity index (χ0) is 23.4. The molecule has 0 heterocycles. The van der Waals surface area contributed by atoms with E-state index in [9.17, 15) is 9.18 Å². The van der Waals surface area contributed by atoms with E-state index < -0.39 is 0 Å². The summed E-state index contributed by atoms with van der Waals surface area (Å²) in [6, 6.07) is 22.4. The molecule has 4 heteroatoms. The summed E-state index contributed by atoms with van der Waals surface area (Å²) in [4.78, 5) is 12.6. The first-order valence-electron chi connectivity index (χ1n) is 11.1. The van der Waals surface area contributed by atoms with Crippen molar-refractivity contribution in [3.63, 3.8) is 0 Å². The summed E-state index contributed by atoms with van der Waals surface area (Å²) in [5.41, 5.74) is 5.26. The van der Waals surface area contributed by atoms with Gasteiger partial charge in [0.1, 0.15) is 17.2 Å². The maximum absolute atomic E-state index is 14.0. The third kappa shape index (κ3) is 5.98. The summed E-state index contributed by atoms with van der Waals surface area (Å²) in [6.07, 6.45) is 4.22. The van der Waals surface area contributed by atoms with Crippen LogP contribution in [0.1, 0.15) is 49.4 Å². The molecular formula is C29H28FNO2. The zero-order valence-corrected chi connectivity index (χ0v) is 19.2. The molecule has 0 saturated heterocycles. The lowest BCUT2D eigenvalue weighted by atomic mass is 10.0. The molecule has 1 N–H and O–H groups in total. The molecule has 0 atom stereocenters. The third-order valence-corrected chi connectivity index (χ3v) is 5.28. The Morgan fingerprint density at radius 2 is 1.70 bits per heavy atom. The Morgan fingerprint density at radius 1 is 0.970 bits per heavy atom. The van der Waals surface area contributed by atoms with Crippen molar-refractivity contribution in [3.8, 4) is 5.75 Å². The summed E-state index contributed by atoms with van der Waals surface area (Å²) in [5, 5.41) is 2.95. The minimum atomic E-state index is -0.311.